The van der Waals surface area contributed by atoms with Crippen LogP contribution in [0.3, 0.4) is 0 Å². The molecule has 7 rings (SSSR count). The molecule has 280 valence electrons. The molecule has 0 unspecified atom stereocenters. The van der Waals surface area contributed by atoms with Crippen molar-refractivity contribution in [1.82, 2.24) is 34.6 Å². The van der Waals surface area contributed by atoms with Crippen LogP contribution in [0.1, 0.15) is 5.56 Å². The van der Waals surface area contributed by atoms with E-state index in [0.717, 1.165) is 51.1 Å². The number of hydrogen-bond acceptors (Lipinski definition) is 16. The molecule has 3 heterocycles. The Kier molecular flexibility index (Phi) is 10.4. The quantitative estimate of drug-likeness (QED) is 0.0763. The van der Waals surface area contributed by atoms with E-state index in [1.165, 1.54) is 12.7 Å². The van der Waals surface area contributed by atoms with E-state index in [0.29, 0.717) is 23.9 Å². The van der Waals surface area contributed by atoms with Crippen molar-refractivity contribution in [1.29, 1.82) is 0 Å². The number of anilines is 7. The Hall–Kier alpha value is -7.23. The first-order valence-corrected chi connectivity index (χ1v) is 17.6. The summed E-state index contributed by atoms with van der Waals surface area (Å²) in [6.07, 6.45) is 6.35. The Morgan fingerprint density at radius 2 is 1.18 bits per heavy atom. The number of nitrogen functional groups attached to an aromatic ring is 2. The SMILES string of the molecule is CN(CC1=CN(C)[C@@H](N=Nc2ccc(Nc3ccc(N)cc3)cc2C2=CN(C)[C@H](N=Nc3ccc(Nc4ccc(N)cc4)cc3)N2C)N1C)c1ncncn1. The van der Waals surface area contributed by atoms with Crippen molar-refractivity contribution in [3.63, 3.8) is 0 Å². The van der Waals surface area contributed by atoms with Crippen LogP contribution in [-0.2, 0) is 0 Å². The standard InChI is InChI=1S/C39H44N16/c1-51(37-43-24-42-25-44-37)21-33-22-52(2)38(54(33)4)50-48-35-19-18-32(46-29-12-8-27(41)9-13-29)20-34(35)36-23-53(3)39(55(36)5)49-47-31-16-14-30(15-17-31)45-28-10-6-26(40)7-11-28/h6-20,22-25,38-39,45-46H,21,40-41H2,1-5H3/t38-,39+/m1/s1. The highest BCUT2D eigenvalue weighted by atomic mass is 15.5. The molecule has 0 radical (unpaired) electrons. The third-order valence-electron chi connectivity index (χ3n) is 9.24. The third-order valence-corrected chi connectivity index (χ3v) is 9.24. The molecule has 0 bridgehead atoms. The summed E-state index contributed by atoms with van der Waals surface area (Å²) in [7, 11) is 9.91. The second-order valence-corrected chi connectivity index (χ2v) is 13.4. The summed E-state index contributed by atoms with van der Waals surface area (Å²) in [6, 6.07) is 29.1. The van der Waals surface area contributed by atoms with Gasteiger partial charge in [0.05, 0.1) is 29.3 Å². The summed E-state index contributed by atoms with van der Waals surface area (Å²) in [6.45, 7) is 0.582. The van der Waals surface area contributed by atoms with E-state index >= 15 is 0 Å². The zero-order chi connectivity index (χ0) is 38.5. The smallest absolute Gasteiger partial charge is 0.228 e. The lowest BCUT2D eigenvalue weighted by atomic mass is 10.1. The number of nitrogens with two attached hydrogens (primary N) is 2. The minimum Gasteiger partial charge on any atom is -0.399 e. The maximum Gasteiger partial charge on any atom is 0.228 e. The van der Waals surface area contributed by atoms with Gasteiger partial charge < -0.3 is 46.6 Å². The molecule has 1 aromatic heterocycles. The number of aromatic nitrogens is 3. The Morgan fingerprint density at radius 1 is 0.655 bits per heavy atom. The van der Waals surface area contributed by atoms with E-state index in [2.05, 4.69) is 59.0 Å². The Morgan fingerprint density at radius 3 is 1.82 bits per heavy atom. The van der Waals surface area contributed by atoms with Gasteiger partial charge in [-0.3, -0.25) is 0 Å². The van der Waals surface area contributed by atoms with Gasteiger partial charge in [0.2, 0.25) is 18.5 Å². The van der Waals surface area contributed by atoms with Crippen LogP contribution in [-0.4, -0.2) is 88.9 Å². The number of nitrogens with one attached hydrogen (secondary N) is 2. The fraction of sp³-hybridized carbons (Fsp3) is 0.205. The number of hydrogen-bond donors (Lipinski definition) is 4. The van der Waals surface area contributed by atoms with Crippen LogP contribution < -0.4 is 27.0 Å². The van der Waals surface area contributed by atoms with E-state index in [1.54, 1.807) is 0 Å². The first kappa shape index (κ1) is 36.1. The number of likely N-dealkylation sites (N-methyl/N-ethyl adjacent to an activating group) is 2. The normalized spacial score (nSPS) is 17.0. The summed E-state index contributed by atoms with van der Waals surface area (Å²) in [5, 5.41) is 25.9. The molecular weight excluding hydrogens is 693 g/mol. The fourth-order valence-corrected chi connectivity index (χ4v) is 6.25. The molecule has 2 aliphatic heterocycles. The van der Waals surface area contributed by atoms with Gasteiger partial charge in [0, 0.05) is 87.3 Å². The summed E-state index contributed by atoms with van der Waals surface area (Å²) in [5.74, 6) is 0.590. The van der Waals surface area contributed by atoms with Crippen LogP contribution in [0.4, 0.5) is 51.4 Å². The minimum atomic E-state index is -0.388. The fourth-order valence-electron chi connectivity index (χ4n) is 6.25. The molecule has 0 fully saturated rings. The Labute approximate surface area is 320 Å². The van der Waals surface area contributed by atoms with Gasteiger partial charge in [-0.2, -0.15) is 10.2 Å². The van der Waals surface area contributed by atoms with Crippen molar-refractivity contribution in [3.05, 3.63) is 127 Å². The van der Waals surface area contributed by atoms with Crippen molar-refractivity contribution in [2.45, 2.75) is 12.6 Å². The molecule has 0 saturated heterocycles. The predicted molar refractivity (Wildman–Crippen MR) is 218 cm³/mol. The second-order valence-electron chi connectivity index (χ2n) is 13.4. The van der Waals surface area contributed by atoms with Crippen LogP contribution >= 0.6 is 0 Å². The summed E-state index contributed by atoms with van der Waals surface area (Å²) >= 11 is 0. The van der Waals surface area contributed by atoms with Crippen LogP contribution in [0.5, 0.6) is 0 Å². The second kappa shape index (κ2) is 15.8. The molecule has 0 aliphatic carbocycles. The van der Waals surface area contributed by atoms with Gasteiger partial charge in [0.25, 0.3) is 0 Å². The first-order valence-electron chi connectivity index (χ1n) is 17.6. The van der Waals surface area contributed by atoms with E-state index < -0.39 is 0 Å². The van der Waals surface area contributed by atoms with Crippen LogP contribution in [0.25, 0.3) is 5.70 Å². The van der Waals surface area contributed by atoms with E-state index in [1.807, 2.05) is 135 Å². The Bertz CT molecular complexity index is 2200. The monoisotopic (exact) mass is 736 g/mol. The largest absolute Gasteiger partial charge is 0.399 e. The molecule has 55 heavy (non-hydrogen) atoms. The van der Waals surface area contributed by atoms with Crippen molar-refractivity contribution < 1.29 is 0 Å². The summed E-state index contributed by atoms with van der Waals surface area (Å²) < 4.78 is 0. The van der Waals surface area contributed by atoms with Crippen molar-refractivity contribution >= 4 is 57.1 Å². The van der Waals surface area contributed by atoms with Gasteiger partial charge in [0.15, 0.2) is 0 Å². The minimum absolute atomic E-state index is 0.352. The van der Waals surface area contributed by atoms with E-state index in [9.17, 15) is 0 Å². The highest BCUT2D eigenvalue weighted by Gasteiger charge is 2.31. The predicted octanol–water partition coefficient (Wildman–Crippen LogP) is 6.99. The molecule has 6 N–H and O–H groups in total. The summed E-state index contributed by atoms with van der Waals surface area (Å²) in [5.41, 5.74) is 21.1. The third kappa shape index (κ3) is 8.38. The number of nitrogens with zero attached hydrogens (tertiary/aromatic N) is 12. The average molecular weight is 737 g/mol. The first-order chi connectivity index (χ1) is 26.6. The van der Waals surface area contributed by atoms with E-state index in [4.69, 9.17) is 26.8 Å². The topological polar surface area (TPSA) is 180 Å². The molecule has 0 amide bonds. The van der Waals surface area contributed by atoms with Gasteiger partial charge in [-0.15, -0.1) is 10.2 Å². The average Bonchev–Trinajstić information content (AvgIpc) is 3.63. The Balaban J connectivity index is 1.10. The highest BCUT2D eigenvalue weighted by molar-refractivity contribution is 5.79. The molecular formula is C39H44N16. The number of azo groups is 2. The molecule has 0 saturated carbocycles. The van der Waals surface area contributed by atoms with Crippen LogP contribution in [0.2, 0.25) is 0 Å². The zero-order valence-electron chi connectivity index (χ0n) is 31.4. The number of rotatable bonds is 12. The lowest BCUT2D eigenvalue weighted by molar-refractivity contribution is 0.196. The lowest BCUT2D eigenvalue weighted by Gasteiger charge is -2.27. The van der Waals surface area contributed by atoms with Gasteiger partial charge in [-0.25, -0.2) is 15.0 Å². The highest BCUT2D eigenvalue weighted by Crippen LogP contribution is 2.38. The molecule has 5 aromatic rings. The van der Waals surface area contributed by atoms with Crippen molar-refractivity contribution in [2.24, 2.45) is 20.5 Å². The van der Waals surface area contributed by atoms with Crippen LogP contribution in [0, 0.1) is 0 Å². The molecule has 0 spiro atoms. The van der Waals surface area contributed by atoms with Gasteiger partial charge in [-0.05, 0) is 91.0 Å². The molecule has 4 aromatic carbocycles. The van der Waals surface area contributed by atoms with Gasteiger partial charge in [-0.1, -0.05) is 0 Å². The van der Waals surface area contributed by atoms with E-state index in [-0.39, 0.29) is 12.6 Å². The maximum absolute atomic E-state index is 5.94. The van der Waals surface area contributed by atoms with Crippen molar-refractivity contribution in [2.75, 3.05) is 68.8 Å². The number of benzene rings is 4. The zero-order valence-corrected chi connectivity index (χ0v) is 31.4. The van der Waals surface area contributed by atoms with Gasteiger partial charge in [0.1, 0.15) is 12.7 Å². The maximum atomic E-state index is 5.94. The van der Waals surface area contributed by atoms with Gasteiger partial charge >= 0.3 is 0 Å². The molecule has 2 atom stereocenters. The summed E-state index contributed by atoms with van der Waals surface area (Å²) in [4.78, 5) is 22.6. The molecule has 16 nitrogen and oxygen atoms in total. The molecule has 16 heteroatoms. The van der Waals surface area contributed by atoms with Crippen molar-refractivity contribution in [3.8, 4) is 0 Å². The van der Waals surface area contributed by atoms with Crippen LogP contribution in [0.15, 0.2) is 142 Å². The lowest BCUT2D eigenvalue weighted by Crippen LogP contribution is -2.35. The molecule has 2 aliphatic rings.